The molecule has 0 aromatic heterocycles. The Kier molecular flexibility index (Phi) is 3.67. The van der Waals surface area contributed by atoms with Gasteiger partial charge in [0.15, 0.2) is 0 Å². The maximum Gasteiger partial charge on any atom is 0.125 e. The lowest BCUT2D eigenvalue weighted by atomic mass is 10.2. The summed E-state index contributed by atoms with van der Waals surface area (Å²) < 4.78 is 25.7. The molecular formula is C14H12F2N2. The highest BCUT2D eigenvalue weighted by molar-refractivity contribution is 5.80. The van der Waals surface area contributed by atoms with E-state index in [2.05, 4.69) is 10.5 Å². The molecule has 0 unspecified atom stereocenters. The largest absolute Gasteiger partial charge is 0.278 e. The van der Waals surface area contributed by atoms with Crippen molar-refractivity contribution in [3.05, 3.63) is 65.2 Å². The van der Waals surface area contributed by atoms with Gasteiger partial charge >= 0.3 is 0 Å². The number of halogens is 2. The number of anilines is 1. The summed E-state index contributed by atoms with van der Waals surface area (Å²) in [4.78, 5) is 0. The van der Waals surface area contributed by atoms with Gasteiger partial charge in [-0.05, 0) is 42.3 Å². The molecule has 2 nitrogen and oxygen atoms in total. The van der Waals surface area contributed by atoms with Gasteiger partial charge in [-0.1, -0.05) is 18.2 Å². The van der Waals surface area contributed by atoms with Gasteiger partial charge in [-0.3, -0.25) is 5.43 Å². The Bertz CT molecular complexity index is 563. The Balaban J connectivity index is 2.07. The first-order valence-electron chi connectivity index (χ1n) is 5.46. The lowest BCUT2D eigenvalue weighted by Crippen LogP contribution is -1.94. The van der Waals surface area contributed by atoms with Crippen molar-refractivity contribution in [2.24, 2.45) is 5.10 Å². The Morgan fingerprint density at radius 1 is 1.00 bits per heavy atom. The van der Waals surface area contributed by atoms with Crippen molar-refractivity contribution in [2.75, 3.05) is 5.43 Å². The Morgan fingerprint density at radius 2 is 1.67 bits per heavy atom. The van der Waals surface area contributed by atoms with Crippen LogP contribution < -0.4 is 5.43 Å². The summed E-state index contributed by atoms with van der Waals surface area (Å²) in [7, 11) is 0. The third-order valence-corrected chi connectivity index (χ3v) is 2.47. The van der Waals surface area contributed by atoms with Gasteiger partial charge in [-0.15, -0.1) is 0 Å². The minimum atomic E-state index is -0.319. The molecule has 0 bridgehead atoms. The van der Waals surface area contributed by atoms with Crippen LogP contribution in [-0.2, 0) is 0 Å². The van der Waals surface area contributed by atoms with Crippen LogP contribution in [0, 0.1) is 18.6 Å². The molecule has 0 fully saturated rings. The van der Waals surface area contributed by atoms with Gasteiger partial charge in [0, 0.05) is 0 Å². The van der Waals surface area contributed by atoms with Gasteiger partial charge in [0.1, 0.15) is 11.6 Å². The highest BCUT2D eigenvalue weighted by Gasteiger charge is 1.98. The molecular weight excluding hydrogens is 234 g/mol. The van der Waals surface area contributed by atoms with Gasteiger partial charge in [0.2, 0.25) is 0 Å². The highest BCUT2D eigenvalue weighted by atomic mass is 19.1. The summed E-state index contributed by atoms with van der Waals surface area (Å²) in [6.07, 6.45) is 1.55. The molecule has 4 heteroatoms. The summed E-state index contributed by atoms with van der Waals surface area (Å²) in [5.41, 5.74) is 5.02. The van der Waals surface area contributed by atoms with Crippen LogP contribution in [0.5, 0.6) is 0 Å². The summed E-state index contributed by atoms with van der Waals surface area (Å²) in [6, 6.07) is 10.4. The molecule has 0 saturated heterocycles. The molecule has 0 aliphatic carbocycles. The number of benzene rings is 2. The Morgan fingerprint density at radius 3 is 2.39 bits per heavy atom. The van der Waals surface area contributed by atoms with Crippen LogP contribution in [0.1, 0.15) is 11.1 Å². The molecule has 0 heterocycles. The smallest absolute Gasteiger partial charge is 0.125 e. The summed E-state index contributed by atoms with van der Waals surface area (Å²) in [6.45, 7) is 1.86. The third-order valence-electron chi connectivity index (χ3n) is 2.47. The van der Waals surface area contributed by atoms with E-state index in [0.717, 1.165) is 11.1 Å². The molecule has 2 rings (SSSR count). The first kappa shape index (κ1) is 12.2. The molecule has 92 valence electrons. The number of hydrogen-bond donors (Lipinski definition) is 1. The quantitative estimate of drug-likeness (QED) is 0.647. The molecule has 2 aromatic carbocycles. The standard InChI is InChI=1S/C14H12F2N2/c1-10-2-5-13(16)8-14(10)18-17-9-11-3-6-12(15)7-4-11/h2-9,18H,1H3. The molecule has 2 aromatic rings. The second-order valence-electron chi connectivity index (χ2n) is 3.88. The first-order valence-corrected chi connectivity index (χ1v) is 5.46. The van der Waals surface area contributed by atoms with Crippen LogP contribution in [0.2, 0.25) is 0 Å². The van der Waals surface area contributed by atoms with Crippen molar-refractivity contribution in [1.29, 1.82) is 0 Å². The second-order valence-corrected chi connectivity index (χ2v) is 3.88. The van der Waals surface area contributed by atoms with Crippen LogP contribution in [0.15, 0.2) is 47.6 Å². The predicted molar refractivity (Wildman–Crippen MR) is 68.8 cm³/mol. The average Bonchev–Trinajstić information content (AvgIpc) is 2.36. The molecule has 18 heavy (non-hydrogen) atoms. The van der Waals surface area contributed by atoms with Crippen molar-refractivity contribution >= 4 is 11.9 Å². The van der Waals surface area contributed by atoms with Crippen LogP contribution in [0.4, 0.5) is 14.5 Å². The maximum absolute atomic E-state index is 13.0. The molecule has 0 saturated carbocycles. The lowest BCUT2D eigenvalue weighted by Gasteiger charge is -2.04. The fourth-order valence-corrected chi connectivity index (χ4v) is 1.44. The normalized spacial score (nSPS) is 10.8. The van der Waals surface area contributed by atoms with E-state index in [-0.39, 0.29) is 11.6 Å². The predicted octanol–water partition coefficient (Wildman–Crippen LogP) is 3.72. The number of hydrazone groups is 1. The third kappa shape index (κ3) is 3.13. The zero-order valence-corrected chi connectivity index (χ0v) is 9.82. The van der Waals surface area contributed by atoms with Crippen LogP contribution in [0.3, 0.4) is 0 Å². The highest BCUT2D eigenvalue weighted by Crippen LogP contribution is 2.15. The topological polar surface area (TPSA) is 24.4 Å². The minimum Gasteiger partial charge on any atom is -0.278 e. The summed E-state index contributed by atoms with van der Waals surface area (Å²) in [5, 5.41) is 3.98. The fourth-order valence-electron chi connectivity index (χ4n) is 1.44. The van der Waals surface area contributed by atoms with Gasteiger partial charge in [-0.2, -0.15) is 5.10 Å². The van der Waals surface area contributed by atoms with E-state index in [0.29, 0.717) is 5.69 Å². The number of nitrogens with zero attached hydrogens (tertiary/aromatic N) is 1. The molecule has 0 aliphatic heterocycles. The monoisotopic (exact) mass is 246 g/mol. The van der Waals surface area contributed by atoms with Crippen molar-refractivity contribution in [1.82, 2.24) is 0 Å². The molecule has 0 amide bonds. The number of hydrogen-bond acceptors (Lipinski definition) is 2. The van der Waals surface area contributed by atoms with Crippen molar-refractivity contribution in [3.63, 3.8) is 0 Å². The van der Waals surface area contributed by atoms with Crippen LogP contribution in [-0.4, -0.2) is 6.21 Å². The molecule has 0 radical (unpaired) electrons. The van der Waals surface area contributed by atoms with Crippen molar-refractivity contribution in [3.8, 4) is 0 Å². The van der Waals surface area contributed by atoms with Gasteiger partial charge < -0.3 is 0 Å². The van der Waals surface area contributed by atoms with E-state index in [4.69, 9.17) is 0 Å². The van der Waals surface area contributed by atoms with Gasteiger partial charge in [0.25, 0.3) is 0 Å². The molecule has 1 N–H and O–H groups in total. The second kappa shape index (κ2) is 5.40. The average molecular weight is 246 g/mol. The van der Waals surface area contributed by atoms with Crippen LogP contribution in [0.25, 0.3) is 0 Å². The van der Waals surface area contributed by atoms with E-state index >= 15 is 0 Å². The molecule has 0 spiro atoms. The molecule has 0 aliphatic rings. The zero-order valence-electron chi connectivity index (χ0n) is 9.82. The van der Waals surface area contributed by atoms with E-state index in [9.17, 15) is 8.78 Å². The SMILES string of the molecule is Cc1ccc(F)cc1NN=Cc1ccc(F)cc1. The van der Waals surface area contributed by atoms with Crippen LogP contribution >= 0.6 is 0 Å². The van der Waals surface area contributed by atoms with Crippen molar-refractivity contribution in [2.45, 2.75) is 6.92 Å². The Labute approximate surface area is 104 Å². The summed E-state index contributed by atoms with van der Waals surface area (Å²) >= 11 is 0. The van der Waals surface area contributed by atoms with Crippen molar-refractivity contribution < 1.29 is 8.78 Å². The minimum absolute atomic E-state index is 0.291. The lowest BCUT2D eigenvalue weighted by molar-refractivity contribution is 0.627. The zero-order chi connectivity index (χ0) is 13.0. The number of aryl methyl sites for hydroxylation is 1. The first-order chi connectivity index (χ1) is 8.65. The summed E-state index contributed by atoms with van der Waals surface area (Å²) in [5.74, 6) is -0.610. The number of rotatable bonds is 3. The maximum atomic E-state index is 13.0. The Hall–Kier alpha value is -2.23. The van der Waals surface area contributed by atoms with Gasteiger partial charge in [0.05, 0.1) is 11.9 Å². The molecule has 0 atom stereocenters. The van der Waals surface area contributed by atoms with Gasteiger partial charge in [-0.25, -0.2) is 8.78 Å². The number of nitrogens with one attached hydrogen (secondary N) is 1. The van der Waals surface area contributed by atoms with E-state index in [1.54, 1.807) is 24.4 Å². The van der Waals surface area contributed by atoms with E-state index < -0.39 is 0 Å². The fraction of sp³-hybridized carbons (Fsp3) is 0.0714. The van der Waals surface area contributed by atoms with E-state index in [1.165, 1.54) is 24.3 Å². The van der Waals surface area contributed by atoms with E-state index in [1.807, 2.05) is 6.92 Å².